The van der Waals surface area contributed by atoms with Gasteiger partial charge in [0.05, 0.1) is 12.9 Å². The van der Waals surface area contributed by atoms with Crippen LogP contribution in [0.3, 0.4) is 0 Å². The lowest BCUT2D eigenvalue weighted by Crippen LogP contribution is -2.32. The Morgan fingerprint density at radius 2 is 2.00 bits per heavy atom. The van der Waals surface area contributed by atoms with E-state index in [0.717, 1.165) is 42.3 Å². The van der Waals surface area contributed by atoms with Crippen LogP contribution < -0.4 is 0 Å². The average Bonchev–Trinajstić information content (AvgIpc) is 3.16. The molecule has 2 aliphatic heterocycles. The Morgan fingerprint density at radius 3 is 2.64 bits per heavy atom. The van der Waals surface area contributed by atoms with Crippen molar-refractivity contribution in [1.82, 2.24) is 14.3 Å². The van der Waals surface area contributed by atoms with E-state index in [1.807, 2.05) is 25.1 Å². The van der Waals surface area contributed by atoms with Gasteiger partial charge in [0.1, 0.15) is 0 Å². The van der Waals surface area contributed by atoms with E-state index in [2.05, 4.69) is 58.3 Å². The van der Waals surface area contributed by atoms with Gasteiger partial charge in [0.15, 0.2) is 0 Å². The molecule has 0 spiro atoms. The highest BCUT2D eigenvalue weighted by molar-refractivity contribution is 7.96. The SMILES string of the molecule is C=C1C=NCC2=C(C1)C(C)=Cc1cc(Cl)ccc1C2C1CCN(SC)CC1.Cc1cnc[nH]1. The van der Waals surface area contributed by atoms with Gasteiger partial charge in [0.2, 0.25) is 0 Å². The van der Waals surface area contributed by atoms with Gasteiger partial charge in [-0.1, -0.05) is 42.3 Å². The predicted molar refractivity (Wildman–Crippen MR) is 143 cm³/mol. The molecule has 3 aliphatic rings. The second kappa shape index (κ2) is 10.9. The summed E-state index contributed by atoms with van der Waals surface area (Å²) < 4.78 is 2.49. The highest BCUT2D eigenvalue weighted by atomic mass is 35.5. The number of allylic oxidation sites excluding steroid dienone is 3. The zero-order valence-electron chi connectivity index (χ0n) is 19.8. The molecule has 1 saturated heterocycles. The molecule has 0 amide bonds. The number of nitrogens with one attached hydrogen (secondary N) is 1. The maximum atomic E-state index is 6.36. The quantitative estimate of drug-likeness (QED) is 0.476. The lowest BCUT2D eigenvalue weighted by Gasteiger charge is -2.37. The van der Waals surface area contributed by atoms with Crippen LogP contribution in [0.2, 0.25) is 5.02 Å². The van der Waals surface area contributed by atoms with Crippen LogP contribution in [-0.2, 0) is 0 Å². The van der Waals surface area contributed by atoms with Gasteiger partial charge in [-0.05, 0) is 90.8 Å². The predicted octanol–water partition coefficient (Wildman–Crippen LogP) is 6.88. The smallest absolute Gasteiger partial charge is 0.0921 e. The van der Waals surface area contributed by atoms with Crippen molar-refractivity contribution in [3.05, 3.63) is 81.4 Å². The van der Waals surface area contributed by atoms with E-state index in [1.165, 1.54) is 40.7 Å². The first-order valence-corrected chi connectivity index (χ1v) is 13.1. The molecule has 4 nitrogen and oxygen atoms in total. The number of aromatic nitrogens is 2. The van der Waals surface area contributed by atoms with Gasteiger partial charge in [-0.3, -0.25) is 9.30 Å². The number of rotatable bonds is 2. The molecular formula is C27H33ClN4S. The topological polar surface area (TPSA) is 44.3 Å². The average molecular weight is 481 g/mol. The van der Waals surface area contributed by atoms with E-state index in [9.17, 15) is 0 Å². The first-order valence-electron chi connectivity index (χ1n) is 11.6. The van der Waals surface area contributed by atoms with Crippen LogP contribution in [0.4, 0.5) is 0 Å². The number of aromatic amines is 1. The van der Waals surface area contributed by atoms with Gasteiger partial charge in [0, 0.05) is 42.1 Å². The number of nitrogens with zero attached hydrogens (tertiary/aromatic N) is 3. The lowest BCUT2D eigenvalue weighted by molar-refractivity contribution is 0.269. The molecule has 33 heavy (non-hydrogen) atoms. The summed E-state index contributed by atoms with van der Waals surface area (Å²) in [5.41, 5.74) is 9.20. The van der Waals surface area contributed by atoms with Crippen LogP contribution in [0, 0.1) is 12.8 Å². The van der Waals surface area contributed by atoms with Gasteiger partial charge in [-0.2, -0.15) is 0 Å². The third kappa shape index (κ3) is 5.71. The molecule has 1 unspecified atom stereocenters. The van der Waals surface area contributed by atoms with Crippen LogP contribution >= 0.6 is 23.5 Å². The number of imidazole rings is 1. The monoisotopic (exact) mass is 480 g/mol. The van der Waals surface area contributed by atoms with Gasteiger partial charge in [-0.15, -0.1) is 0 Å². The Hall–Kier alpha value is -2.08. The summed E-state index contributed by atoms with van der Waals surface area (Å²) in [6, 6.07) is 6.44. The highest BCUT2D eigenvalue weighted by Gasteiger charge is 2.34. The molecule has 1 N–H and O–H groups in total. The number of aliphatic imine (C=N–C) groups is 1. The minimum Gasteiger partial charge on any atom is -0.349 e. The number of hydrogen-bond donors (Lipinski definition) is 1. The molecule has 1 fully saturated rings. The van der Waals surface area contributed by atoms with Crippen LogP contribution in [0.5, 0.6) is 0 Å². The largest absolute Gasteiger partial charge is 0.349 e. The minimum absolute atomic E-state index is 0.424. The normalized spacial score (nSPS) is 21.4. The van der Waals surface area contributed by atoms with Gasteiger partial charge >= 0.3 is 0 Å². The van der Waals surface area contributed by atoms with E-state index in [-0.39, 0.29) is 0 Å². The van der Waals surface area contributed by atoms with Crippen molar-refractivity contribution in [2.75, 3.05) is 25.9 Å². The third-order valence-electron chi connectivity index (χ3n) is 6.80. The first kappa shape index (κ1) is 24.1. The maximum Gasteiger partial charge on any atom is 0.0921 e. The molecule has 5 rings (SSSR count). The summed E-state index contributed by atoms with van der Waals surface area (Å²) >= 11 is 8.23. The fourth-order valence-electron chi connectivity index (χ4n) is 5.15. The van der Waals surface area contributed by atoms with Crippen LogP contribution in [0.1, 0.15) is 48.9 Å². The molecular weight excluding hydrogens is 448 g/mol. The molecule has 6 heteroatoms. The number of benzene rings is 1. The number of fused-ring (bicyclic) bond motifs is 1. The number of H-pyrrole nitrogens is 1. The van der Waals surface area contributed by atoms with Gasteiger partial charge in [-0.25, -0.2) is 4.98 Å². The fourth-order valence-corrected chi connectivity index (χ4v) is 5.91. The van der Waals surface area contributed by atoms with Crippen molar-refractivity contribution in [2.24, 2.45) is 10.9 Å². The van der Waals surface area contributed by atoms with Crippen molar-refractivity contribution in [3.8, 4) is 0 Å². The standard InChI is InChI=1S/C23H27ClN2S.C4H6N2/c1-15-10-21-16(2)11-18-12-19(24)4-5-20(18)23(22(21)14-25-13-15)17-6-8-26(27-3)9-7-17;1-4-2-5-3-6-4/h4-5,11-13,17,23H,1,6-10,14H2,2-3H3;2-3H,1H3,(H,5,6). The summed E-state index contributed by atoms with van der Waals surface area (Å²) in [6.07, 6.45) is 13.3. The highest BCUT2D eigenvalue weighted by Crippen LogP contribution is 2.46. The Labute approximate surface area is 207 Å². The third-order valence-corrected chi connectivity index (χ3v) is 7.91. The molecule has 0 saturated carbocycles. The maximum absolute atomic E-state index is 6.36. The molecule has 3 heterocycles. The molecule has 2 aromatic rings. The molecule has 1 aromatic heterocycles. The molecule has 0 radical (unpaired) electrons. The molecule has 1 atom stereocenters. The Morgan fingerprint density at radius 1 is 1.21 bits per heavy atom. The van der Waals surface area contributed by atoms with Crippen molar-refractivity contribution in [1.29, 1.82) is 0 Å². The van der Waals surface area contributed by atoms with Crippen LogP contribution in [0.25, 0.3) is 6.08 Å². The lowest BCUT2D eigenvalue weighted by atomic mass is 9.73. The van der Waals surface area contributed by atoms with Gasteiger partial charge < -0.3 is 4.98 Å². The van der Waals surface area contributed by atoms with Crippen molar-refractivity contribution < 1.29 is 0 Å². The Kier molecular flexibility index (Phi) is 7.94. The molecule has 1 aliphatic carbocycles. The summed E-state index contributed by atoms with van der Waals surface area (Å²) in [4.78, 5) is 11.4. The Bertz CT molecular complexity index is 1080. The zero-order valence-corrected chi connectivity index (χ0v) is 21.3. The summed E-state index contributed by atoms with van der Waals surface area (Å²) in [7, 11) is 0. The number of halogens is 1. The number of piperidine rings is 1. The van der Waals surface area contributed by atoms with E-state index in [4.69, 9.17) is 16.6 Å². The zero-order chi connectivity index (χ0) is 23.4. The molecule has 1 aromatic carbocycles. The summed E-state index contributed by atoms with van der Waals surface area (Å²) in [5.74, 6) is 1.08. The van der Waals surface area contributed by atoms with E-state index in [0.29, 0.717) is 11.8 Å². The number of aryl methyl sites for hydroxylation is 1. The molecule has 174 valence electrons. The van der Waals surface area contributed by atoms with E-state index < -0.39 is 0 Å². The first-order chi connectivity index (χ1) is 16.0. The van der Waals surface area contributed by atoms with Crippen LogP contribution in [-0.4, -0.2) is 46.4 Å². The van der Waals surface area contributed by atoms with Crippen molar-refractivity contribution >= 4 is 35.8 Å². The van der Waals surface area contributed by atoms with Crippen molar-refractivity contribution in [3.63, 3.8) is 0 Å². The summed E-state index contributed by atoms with van der Waals surface area (Å²) in [5, 5.41) is 0.813. The Balaban J connectivity index is 0.000000376. The minimum atomic E-state index is 0.424. The number of hydrogen-bond acceptors (Lipinski definition) is 4. The fraction of sp³-hybridized carbons (Fsp3) is 0.407. The van der Waals surface area contributed by atoms with E-state index >= 15 is 0 Å². The van der Waals surface area contributed by atoms with Gasteiger partial charge in [0.25, 0.3) is 0 Å². The second-order valence-corrected chi connectivity index (χ2v) is 10.4. The van der Waals surface area contributed by atoms with Crippen LogP contribution in [0.15, 0.2) is 64.6 Å². The molecule has 0 bridgehead atoms. The van der Waals surface area contributed by atoms with Crippen molar-refractivity contribution in [2.45, 2.75) is 39.0 Å². The summed E-state index contributed by atoms with van der Waals surface area (Å²) in [6.45, 7) is 11.5. The van der Waals surface area contributed by atoms with E-state index in [1.54, 1.807) is 12.5 Å². The second-order valence-electron chi connectivity index (χ2n) is 9.07.